The molecular formula is C32H45N3O8. The van der Waals surface area contributed by atoms with E-state index in [1.54, 1.807) is 57.2 Å². The third-order valence-electron chi connectivity index (χ3n) is 6.27. The number of carbonyl (C=O) groups excluding carboxylic acids is 4. The van der Waals surface area contributed by atoms with E-state index in [1.807, 2.05) is 38.1 Å². The van der Waals surface area contributed by atoms with E-state index in [1.165, 1.54) is 12.0 Å². The Hall–Kier alpha value is -4.12. The van der Waals surface area contributed by atoms with E-state index in [0.29, 0.717) is 5.56 Å². The third kappa shape index (κ3) is 12.3. The zero-order valence-electron chi connectivity index (χ0n) is 25.9. The average Bonchev–Trinajstić information content (AvgIpc) is 2.94. The van der Waals surface area contributed by atoms with E-state index in [2.05, 4.69) is 10.6 Å². The fraction of sp³-hybridized carbons (Fsp3) is 0.500. The number of alkyl carbamates (subject to hydrolysis) is 1. The van der Waals surface area contributed by atoms with Gasteiger partial charge in [0.25, 0.3) is 0 Å². The standard InChI is InChI=1S/C32H45N3O8/c1-22(2)19-26(29(38)41-6)33-28(37)27(25(17-18-36)34-30(39)43-32(3,4)5)35(20-23-13-9-7-10-14-23)31(40)42-21-24-15-11-8-12-16-24/h7-16,22,25-27,36H,17-21H2,1-6H3,(H,33,37)(H,34,39)/t25-,26-,27-/m0/s1. The van der Waals surface area contributed by atoms with Crippen molar-refractivity contribution in [3.05, 3.63) is 71.8 Å². The Bertz CT molecular complexity index is 1170. The van der Waals surface area contributed by atoms with Gasteiger partial charge in [0.1, 0.15) is 24.3 Å². The van der Waals surface area contributed by atoms with E-state index in [0.717, 1.165) is 5.56 Å². The molecule has 2 aromatic carbocycles. The molecule has 2 aromatic rings. The number of methoxy groups -OCH3 is 1. The second-order valence-electron chi connectivity index (χ2n) is 11.6. The molecule has 0 radical (unpaired) electrons. The van der Waals surface area contributed by atoms with Gasteiger partial charge in [0.15, 0.2) is 0 Å². The largest absolute Gasteiger partial charge is 0.467 e. The molecule has 3 N–H and O–H groups in total. The molecule has 236 valence electrons. The van der Waals surface area contributed by atoms with E-state index in [9.17, 15) is 24.3 Å². The lowest BCUT2D eigenvalue weighted by Crippen LogP contribution is -2.62. The molecule has 11 heteroatoms. The van der Waals surface area contributed by atoms with Gasteiger partial charge >= 0.3 is 18.2 Å². The number of hydrogen-bond acceptors (Lipinski definition) is 8. The molecule has 3 amide bonds. The normalized spacial score (nSPS) is 13.3. The Labute approximate surface area is 253 Å². The molecule has 0 unspecified atom stereocenters. The second kappa shape index (κ2) is 17.1. The van der Waals surface area contributed by atoms with Gasteiger partial charge < -0.3 is 30.0 Å². The van der Waals surface area contributed by atoms with Crippen molar-refractivity contribution in [1.29, 1.82) is 0 Å². The van der Waals surface area contributed by atoms with E-state index < -0.39 is 54.4 Å². The second-order valence-corrected chi connectivity index (χ2v) is 11.6. The van der Waals surface area contributed by atoms with Gasteiger partial charge in [-0.25, -0.2) is 14.4 Å². The first-order valence-electron chi connectivity index (χ1n) is 14.3. The van der Waals surface area contributed by atoms with Crippen molar-refractivity contribution in [1.82, 2.24) is 15.5 Å². The van der Waals surface area contributed by atoms with Crippen molar-refractivity contribution in [2.45, 2.75) is 84.3 Å². The van der Waals surface area contributed by atoms with Crippen LogP contribution in [-0.2, 0) is 37.0 Å². The number of aliphatic hydroxyl groups excluding tert-OH is 1. The van der Waals surface area contributed by atoms with Crippen LogP contribution in [0.25, 0.3) is 0 Å². The summed E-state index contributed by atoms with van der Waals surface area (Å²) in [7, 11) is 1.22. The summed E-state index contributed by atoms with van der Waals surface area (Å²) in [6, 6.07) is 14.5. The van der Waals surface area contributed by atoms with Crippen LogP contribution in [0.2, 0.25) is 0 Å². The van der Waals surface area contributed by atoms with Crippen LogP contribution < -0.4 is 10.6 Å². The summed E-state index contributed by atoms with van der Waals surface area (Å²) in [6.45, 7) is 8.28. The van der Waals surface area contributed by atoms with Crippen LogP contribution in [0.1, 0.15) is 58.6 Å². The number of hydrogen-bond donors (Lipinski definition) is 3. The summed E-state index contributed by atoms with van der Waals surface area (Å²) in [6.07, 6.45) is -1.51. The molecule has 0 saturated heterocycles. The Balaban J connectivity index is 2.57. The highest BCUT2D eigenvalue weighted by Crippen LogP contribution is 2.19. The summed E-state index contributed by atoms with van der Waals surface area (Å²) < 4.78 is 16.0. The summed E-state index contributed by atoms with van der Waals surface area (Å²) in [4.78, 5) is 54.6. The first-order valence-corrected chi connectivity index (χ1v) is 14.3. The molecule has 0 heterocycles. The van der Waals surface area contributed by atoms with Gasteiger partial charge in [-0.05, 0) is 50.7 Å². The minimum atomic E-state index is -1.41. The van der Waals surface area contributed by atoms with Crippen molar-refractivity contribution >= 4 is 24.1 Å². The number of esters is 1. The topological polar surface area (TPSA) is 143 Å². The molecule has 0 fully saturated rings. The van der Waals surface area contributed by atoms with Crippen molar-refractivity contribution in [3.8, 4) is 0 Å². The molecule has 0 aliphatic rings. The smallest absolute Gasteiger partial charge is 0.411 e. The number of ether oxygens (including phenoxy) is 3. The molecule has 3 atom stereocenters. The number of carbonyl (C=O) groups is 4. The van der Waals surface area contributed by atoms with E-state index in [-0.39, 0.29) is 31.9 Å². The average molecular weight is 600 g/mol. The summed E-state index contributed by atoms with van der Waals surface area (Å²) in [5.74, 6) is -1.37. The number of benzene rings is 2. The maximum Gasteiger partial charge on any atom is 0.411 e. The molecule has 0 bridgehead atoms. The van der Waals surface area contributed by atoms with Crippen LogP contribution in [0, 0.1) is 5.92 Å². The lowest BCUT2D eigenvalue weighted by atomic mass is 9.99. The van der Waals surface area contributed by atoms with Crippen molar-refractivity contribution in [3.63, 3.8) is 0 Å². The van der Waals surface area contributed by atoms with Gasteiger partial charge in [0.05, 0.1) is 13.2 Å². The van der Waals surface area contributed by atoms with Gasteiger partial charge in [-0.15, -0.1) is 0 Å². The zero-order chi connectivity index (χ0) is 32.0. The van der Waals surface area contributed by atoms with E-state index in [4.69, 9.17) is 14.2 Å². The number of nitrogens with zero attached hydrogens (tertiary/aromatic N) is 1. The van der Waals surface area contributed by atoms with Crippen LogP contribution in [0.3, 0.4) is 0 Å². The van der Waals surface area contributed by atoms with Crippen molar-refractivity contribution in [2.75, 3.05) is 13.7 Å². The zero-order valence-corrected chi connectivity index (χ0v) is 25.9. The van der Waals surface area contributed by atoms with Crippen LogP contribution in [-0.4, -0.2) is 71.5 Å². The molecule has 0 saturated carbocycles. The number of rotatable bonds is 14. The van der Waals surface area contributed by atoms with Crippen LogP contribution in [0.4, 0.5) is 9.59 Å². The Morgan fingerprint density at radius 2 is 1.49 bits per heavy atom. The van der Waals surface area contributed by atoms with Crippen LogP contribution in [0.15, 0.2) is 60.7 Å². The minimum absolute atomic E-state index is 0.0206. The monoisotopic (exact) mass is 599 g/mol. The highest BCUT2D eigenvalue weighted by Gasteiger charge is 2.40. The van der Waals surface area contributed by atoms with Gasteiger partial charge in [0.2, 0.25) is 5.91 Å². The molecular weight excluding hydrogens is 554 g/mol. The SMILES string of the molecule is COC(=O)[C@H](CC(C)C)NC(=O)[C@H]([C@H](CCO)NC(=O)OC(C)(C)C)N(Cc1ccccc1)C(=O)OCc1ccccc1. The van der Waals surface area contributed by atoms with Crippen molar-refractivity contribution in [2.24, 2.45) is 5.92 Å². The molecule has 2 rings (SSSR count). The maximum absolute atomic E-state index is 14.1. The molecule has 0 aromatic heterocycles. The highest BCUT2D eigenvalue weighted by molar-refractivity contribution is 5.90. The molecule has 0 aliphatic carbocycles. The Kier molecular flexibility index (Phi) is 14.0. The Morgan fingerprint density at radius 3 is 2.00 bits per heavy atom. The summed E-state index contributed by atoms with van der Waals surface area (Å²) in [5, 5.41) is 15.3. The number of amides is 3. The first kappa shape index (κ1) is 35.1. The van der Waals surface area contributed by atoms with Crippen LogP contribution >= 0.6 is 0 Å². The lowest BCUT2D eigenvalue weighted by Gasteiger charge is -2.36. The predicted octanol–water partition coefficient (Wildman–Crippen LogP) is 4.17. The lowest BCUT2D eigenvalue weighted by molar-refractivity contribution is -0.146. The molecule has 11 nitrogen and oxygen atoms in total. The predicted molar refractivity (Wildman–Crippen MR) is 161 cm³/mol. The first-order chi connectivity index (χ1) is 20.3. The highest BCUT2D eigenvalue weighted by atomic mass is 16.6. The van der Waals surface area contributed by atoms with Gasteiger partial charge in [0, 0.05) is 13.2 Å². The fourth-order valence-corrected chi connectivity index (χ4v) is 4.39. The molecule has 0 aliphatic heterocycles. The van der Waals surface area contributed by atoms with E-state index >= 15 is 0 Å². The summed E-state index contributed by atoms with van der Waals surface area (Å²) >= 11 is 0. The minimum Gasteiger partial charge on any atom is -0.467 e. The van der Waals surface area contributed by atoms with Crippen molar-refractivity contribution < 1.29 is 38.5 Å². The van der Waals surface area contributed by atoms with Gasteiger partial charge in [-0.2, -0.15) is 0 Å². The van der Waals surface area contributed by atoms with Gasteiger partial charge in [-0.1, -0.05) is 74.5 Å². The van der Waals surface area contributed by atoms with Gasteiger partial charge in [-0.3, -0.25) is 9.69 Å². The summed E-state index contributed by atoms with van der Waals surface area (Å²) in [5.41, 5.74) is 0.568. The maximum atomic E-state index is 14.1. The quantitative estimate of drug-likeness (QED) is 0.217. The number of aliphatic hydroxyl groups is 1. The molecule has 0 spiro atoms. The third-order valence-corrected chi connectivity index (χ3v) is 6.27. The number of nitrogens with one attached hydrogen (secondary N) is 2. The Morgan fingerprint density at radius 1 is 0.907 bits per heavy atom. The van der Waals surface area contributed by atoms with Crippen LogP contribution in [0.5, 0.6) is 0 Å². The molecule has 43 heavy (non-hydrogen) atoms. The fourth-order valence-electron chi connectivity index (χ4n) is 4.39.